The Morgan fingerprint density at radius 2 is 2.43 bits per heavy atom. The standard InChI is InChI=1S/C4H5N2.Ni/c1-4-5-2-3-6-4;/h2-3H,1H3;/q-1;. The van der Waals surface area contributed by atoms with E-state index in [2.05, 4.69) is 9.97 Å². The molecule has 0 saturated heterocycles. The van der Waals surface area contributed by atoms with Crippen molar-refractivity contribution in [1.82, 2.24) is 9.97 Å². The monoisotopic (exact) mass is 139 g/mol. The van der Waals surface area contributed by atoms with Crippen LogP contribution >= 0.6 is 0 Å². The van der Waals surface area contributed by atoms with Crippen LogP contribution in [0.4, 0.5) is 0 Å². The van der Waals surface area contributed by atoms with Gasteiger partial charge in [-0.15, -0.1) is 0 Å². The Bertz CT molecular complexity index is 113. The molecule has 0 aliphatic heterocycles. The van der Waals surface area contributed by atoms with Gasteiger partial charge in [0.05, 0.1) is 0 Å². The van der Waals surface area contributed by atoms with Crippen molar-refractivity contribution in [3.63, 3.8) is 0 Å². The summed E-state index contributed by atoms with van der Waals surface area (Å²) in [4.78, 5) is 7.61. The Morgan fingerprint density at radius 1 is 1.71 bits per heavy atom. The van der Waals surface area contributed by atoms with Crippen molar-refractivity contribution < 1.29 is 16.5 Å². The average molecular weight is 140 g/mol. The van der Waals surface area contributed by atoms with Crippen LogP contribution in [0.2, 0.25) is 0 Å². The molecule has 0 amide bonds. The van der Waals surface area contributed by atoms with Crippen LogP contribution in [-0.4, -0.2) is 4.98 Å². The van der Waals surface area contributed by atoms with Gasteiger partial charge in [0.25, 0.3) is 0 Å². The summed E-state index contributed by atoms with van der Waals surface area (Å²) in [5.41, 5.74) is 0. The molecule has 0 bridgehead atoms. The fourth-order valence-electron chi connectivity index (χ4n) is 0.316. The Labute approximate surface area is 52.3 Å². The van der Waals surface area contributed by atoms with Crippen molar-refractivity contribution in [3.05, 3.63) is 18.2 Å². The quantitative estimate of drug-likeness (QED) is 0.485. The van der Waals surface area contributed by atoms with E-state index in [9.17, 15) is 0 Å². The average Bonchev–Trinajstić information content (AvgIpc) is 1.86. The molecule has 0 aromatic carbocycles. The van der Waals surface area contributed by atoms with E-state index in [1.807, 2.05) is 6.92 Å². The Morgan fingerprint density at radius 3 is 2.57 bits per heavy atom. The second-order valence-corrected chi connectivity index (χ2v) is 1.10. The van der Waals surface area contributed by atoms with Crippen molar-refractivity contribution in [1.29, 1.82) is 0 Å². The van der Waals surface area contributed by atoms with Crippen LogP contribution in [0.1, 0.15) is 5.82 Å². The van der Waals surface area contributed by atoms with E-state index < -0.39 is 0 Å². The van der Waals surface area contributed by atoms with Crippen molar-refractivity contribution in [3.8, 4) is 0 Å². The number of rotatable bonds is 0. The zero-order valence-corrected chi connectivity index (χ0v) is 4.85. The molecule has 0 unspecified atom stereocenters. The van der Waals surface area contributed by atoms with Crippen LogP contribution in [0.5, 0.6) is 0 Å². The van der Waals surface area contributed by atoms with E-state index >= 15 is 0 Å². The van der Waals surface area contributed by atoms with E-state index in [4.69, 9.17) is 0 Å². The maximum absolute atomic E-state index is 3.81. The number of hydrogen-bond donors (Lipinski definition) is 0. The molecule has 2 nitrogen and oxygen atoms in total. The predicted molar refractivity (Wildman–Crippen MR) is 22.3 cm³/mol. The van der Waals surface area contributed by atoms with Crippen molar-refractivity contribution >= 4 is 0 Å². The van der Waals surface area contributed by atoms with Crippen LogP contribution in [0.25, 0.3) is 0 Å². The third-order valence-corrected chi connectivity index (χ3v) is 0.589. The molecule has 0 saturated carbocycles. The number of aromatic nitrogens is 2. The van der Waals surface area contributed by atoms with Crippen LogP contribution in [-0.2, 0) is 16.5 Å². The van der Waals surface area contributed by atoms with Gasteiger partial charge in [-0.3, -0.25) is 0 Å². The van der Waals surface area contributed by atoms with Crippen molar-refractivity contribution in [2.24, 2.45) is 0 Å². The molecular weight excluding hydrogens is 135 g/mol. The summed E-state index contributed by atoms with van der Waals surface area (Å²) in [7, 11) is 0. The minimum atomic E-state index is 0. The minimum Gasteiger partial charge on any atom is -0.447 e. The molecule has 42 valence electrons. The minimum absolute atomic E-state index is 0. The summed E-state index contributed by atoms with van der Waals surface area (Å²) >= 11 is 0. The van der Waals surface area contributed by atoms with Gasteiger partial charge >= 0.3 is 0 Å². The molecule has 1 aromatic heterocycles. The molecule has 1 aromatic rings. The molecule has 1 heterocycles. The van der Waals surface area contributed by atoms with E-state index in [-0.39, 0.29) is 16.5 Å². The molecule has 0 N–H and O–H groups in total. The van der Waals surface area contributed by atoms with Gasteiger partial charge < -0.3 is 9.97 Å². The topological polar surface area (TPSA) is 27.0 Å². The van der Waals surface area contributed by atoms with Gasteiger partial charge in [-0.2, -0.15) is 0 Å². The SMILES string of the molecule is Cc1ncc[n-]1.[Ni]. The molecular formula is C4H5N2Ni-. The normalized spacial score (nSPS) is 7.57. The van der Waals surface area contributed by atoms with Gasteiger partial charge in [-0.05, 0) is 6.92 Å². The third-order valence-electron chi connectivity index (χ3n) is 0.589. The largest absolute Gasteiger partial charge is 0.447 e. The summed E-state index contributed by atoms with van der Waals surface area (Å²) in [5.74, 6) is 0.843. The number of hydrogen-bond acceptors (Lipinski definition) is 1. The first-order valence-electron chi connectivity index (χ1n) is 1.80. The molecule has 3 heteroatoms. The first-order valence-corrected chi connectivity index (χ1v) is 1.80. The molecule has 0 radical (unpaired) electrons. The molecule has 0 spiro atoms. The van der Waals surface area contributed by atoms with Crippen molar-refractivity contribution in [2.75, 3.05) is 0 Å². The summed E-state index contributed by atoms with van der Waals surface area (Å²) in [6, 6.07) is 0. The van der Waals surface area contributed by atoms with Gasteiger partial charge in [0.2, 0.25) is 0 Å². The zero-order valence-electron chi connectivity index (χ0n) is 3.87. The second kappa shape index (κ2) is 2.81. The Hall–Kier alpha value is -0.296. The molecule has 7 heavy (non-hydrogen) atoms. The van der Waals surface area contributed by atoms with Crippen molar-refractivity contribution in [2.45, 2.75) is 6.92 Å². The van der Waals surface area contributed by atoms with E-state index in [0.29, 0.717) is 0 Å². The van der Waals surface area contributed by atoms with Crippen LogP contribution in [0.15, 0.2) is 12.4 Å². The van der Waals surface area contributed by atoms with E-state index in [0.717, 1.165) is 5.82 Å². The van der Waals surface area contributed by atoms with Gasteiger partial charge in [-0.1, -0.05) is 18.2 Å². The first kappa shape index (κ1) is 6.70. The van der Waals surface area contributed by atoms with Gasteiger partial charge in [-0.25, -0.2) is 0 Å². The van der Waals surface area contributed by atoms with Gasteiger partial charge in [0.1, 0.15) is 0 Å². The fourth-order valence-corrected chi connectivity index (χ4v) is 0.316. The Balaban J connectivity index is 0.000000360. The van der Waals surface area contributed by atoms with Crippen LogP contribution in [0.3, 0.4) is 0 Å². The Kier molecular flexibility index (Phi) is 2.69. The smallest absolute Gasteiger partial charge is 0 e. The molecule has 0 fully saturated rings. The molecule has 0 aliphatic carbocycles. The summed E-state index contributed by atoms with van der Waals surface area (Å²) in [5, 5.41) is 0. The van der Waals surface area contributed by atoms with Crippen LogP contribution < -0.4 is 4.98 Å². The number of aryl methyl sites for hydroxylation is 1. The maximum Gasteiger partial charge on any atom is 0 e. The zero-order chi connectivity index (χ0) is 4.41. The molecule has 1 rings (SSSR count). The third kappa shape index (κ3) is 1.74. The number of imidazole rings is 1. The molecule has 0 atom stereocenters. The van der Waals surface area contributed by atoms with Crippen LogP contribution in [0, 0.1) is 6.92 Å². The van der Waals surface area contributed by atoms with Gasteiger partial charge in [0.15, 0.2) is 0 Å². The summed E-state index contributed by atoms with van der Waals surface area (Å²) < 4.78 is 0. The van der Waals surface area contributed by atoms with E-state index in [1.54, 1.807) is 12.4 Å². The summed E-state index contributed by atoms with van der Waals surface area (Å²) in [6.07, 6.45) is 3.35. The number of nitrogens with zero attached hydrogens (tertiary/aromatic N) is 2. The summed E-state index contributed by atoms with van der Waals surface area (Å²) in [6.45, 7) is 1.86. The maximum atomic E-state index is 3.81. The fraction of sp³-hybridized carbons (Fsp3) is 0.250. The van der Waals surface area contributed by atoms with E-state index in [1.165, 1.54) is 0 Å². The first-order chi connectivity index (χ1) is 2.89. The molecule has 0 aliphatic rings. The predicted octanol–water partition coefficient (Wildman–Crippen LogP) is 0.345. The van der Waals surface area contributed by atoms with Gasteiger partial charge in [0, 0.05) is 16.5 Å². The second-order valence-electron chi connectivity index (χ2n) is 1.10.